The van der Waals surface area contributed by atoms with Gasteiger partial charge in [-0.15, -0.1) is 0 Å². The summed E-state index contributed by atoms with van der Waals surface area (Å²) in [6, 6.07) is 0. The van der Waals surface area contributed by atoms with Gasteiger partial charge in [0, 0.05) is 58.8 Å². The zero-order chi connectivity index (χ0) is 23.7. The van der Waals surface area contributed by atoms with Gasteiger partial charge in [0.1, 0.15) is 0 Å². The van der Waals surface area contributed by atoms with Crippen LogP contribution in [0.4, 0.5) is 13.2 Å². The Morgan fingerprint density at radius 3 is 2.31 bits per heavy atom. The van der Waals surface area contributed by atoms with Gasteiger partial charge in [-0.05, 0) is 38.5 Å². The van der Waals surface area contributed by atoms with Crippen LogP contribution < -0.4 is 0 Å². The predicted molar refractivity (Wildman–Crippen MR) is 113 cm³/mol. The number of carbonyl (C=O) groups excluding carboxylic acids is 1. The molecule has 2 aliphatic heterocycles. The van der Waals surface area contributed by atoms with Crippen LogP contribution in [-0.2, 0) is 29.0 Å². The van der Waals surface area contributed by atoms with Crippen LogP contribution in [0.2, 0.25) is 0 Å². The second kappa shape index (κ2) is 12.5. The molecule has 0 N–H and O–H groups in total. The van der Waals surface area contributed by atoms with Crippen molar-refractivity contribution in [1.29, 1.82) is 0 Å². The van der Waals surface area contributed by atoms with E-state index in [2.05, 4.69) is 0 Å². The molecule has 0 aliphatic carbocycles. The van der Waals surface area contributed by atoms with Gasteiger partial charge in [-0.3, -0.25) is 4.79 Å². The van der Waals surface area contributed by atoms with Crippen molar-refractivity contribution in [3.63, 3.8) is 0 Å². The lowest BCUT2D eigenvalue weighted by molar-refractivity contribution is -0.149. The molecule has 0 saturated carbocycles. The highest BCUT2D eigenvalue weighted by Crippen LogP contribution is 2.36. The first kappa shape index (κ1) is 27.3. The van der Waals surface area contributed by atoms with E-state index in [0.29, 0.717) is 25.6 Å². The highest BCUT2D eigenvalue weighted by Gasteiger charge is 2.55. The summed E-state index contributed by atoms with van der Waals surface area (Å²) >= 11 is 0. The van der Waals surface area contributed by atoms with E-state index in [0.717, 1.165) is 32.1 Å². The fourth-order valence-corrected chi connectivity index (χ4v) is 6.47. The molecule has 32 heavy (non-hydrogen) atoms. The molecule has 0 aromatic rings. The number of hydrogen-bond acceptors (Lipinski definition) is 6. The van der Waals surface area contributed by atoms with Crippen molar-refractivity contribution in [3.05, 3.63) is 0 Å². The lowest BCUT2D eigenvalue weighted by Gasteiger charge is -2.40. The van der Waals surface area contributed by atoms with Crippen LogP contribution in [0, 0.1) is 5.92 Å². The molecule has 2 rings (SSSR count). The van der Waals surface area contributed by atoms with Gasteiger partial charge in [0.25, 0.3) is 0 Å². The van der Waals surface area contributed by atoms with E-state index in [4.69, 9.17) is 14.2 Å². The van der Waals surface area contributed by atoms with Crippen LogP contribution in [0.25, 0.3) is 0 Å². The highest BCUT2D eigenvalue weighted by atomic mass is 32.2. The van der Waals surface area contributed by atoms with Crippen LogP contribution in [0.1, 0.15) is 64.7 Å². The molecule has 0 atom stereocenters. The molecule has 0 unspecified atom stereocenters. The monoisotopic (exact) mass is 487 g/mol. The molecule has 2 saturated heterocycles. The number of carbonyl (C=O) groups is 1. The van der Waals surface area contributed by atoms with Crippen LogP contribution in [-0.4, -0.2) is 75.7 Å². The molecule has 11 heteroatoms. The molecule has 7 nitrogen and oxygen atoms in total. The Morgan fingerprint density at radius 1 is 1.09 bits per heavy atom. The first-order chi connectivity index (χ1) is 15.1. The Kier molecular flexibility index (Phi) is 10.7. The Hall–Kier alpha value is -0.910. The average Bonchev–Trinajstić information content (AvgIpc) is 2.75. The van der Waals surface area contributed by atoms with Gasteiger partial charge in [0.15, 0.2) is 4.75 Å². The molecule has 0 aromatic heterocycles. The third-order valence-corrected chi connectivity index (χ3v) is 8.86. The normalized spacial score (nSPS) is 20.9. The molecule has 0 radical (unpaired) electrons. The summed E-state index contributed by atoms with van der Waals surface area (Å²) in [4.78, 5) is 12.6. The maximum absolute atomic E-state index is 13.4. The van der Waals surface area contributed by atoms with Gasteiger partial charge < -0.3 is 14.2 Å². The SMILES string of the molecule is CCOC(=O)C1(S(=O)(=O)N2CCC(CCCCOCCCC(F)(F)F)CC2)CCOCC1. The third kappa shape index (κ3) is 7.56. The summed E-state index contributed by atoms with van der Waals surface area (Å²) in [7, 11) is -3.86. The molecular formula is C21H36F3NO6S. The van der Waals surface area contributed by atoms with Crippen molar-refractivity contribution in [2.24, 2.45) is 5.92 Å². The Morgan fingerprint density at radius 2 is 1.72 bits per heavy atom. The molecule has 2 aliphatic rings. The number of esters is 1. The number of rotatable bonds is 12. The van der Waals surface area contributed by atoms with E-state index in [-0.39, 0.29) is 45.7 Å². The van der Waals surface area contributed by atoms with E-state index in [1.807, 2.05) is 0 Å². The molecule has 0 bridgehead atoms. The Balaban J connectivity index is 1.73. The number of halogens is 3. The number of piperidine rings is 1. The largest absolute Gasteiger partial charge is 0.465 e. The first-order valence-corrected chi connectivity index (χ1v) is 13.0. The van der Waals surface area contributed by atoms with Gasteiger partial charge in [-0.1, -0.05) is 12.8 Å². The number of ether oxygens (including phenoxy) is 3. The quantitative estimate of drug-likeness (QED) is 0.309. The number of unbranched alkanes of at least 4 members (excludes halogenated alkanes) is 1. The summed E-state index contributed by atoms with van der Waals surface area (Å²) in [5.74, 6) is -0.291. The minimum Gasteiger partial charge on any atom is -0.465 e. The fourth-order valence-electron chi connectivity index (χ4n) is 4.33. The third-order valence-electron chi connectivity index (χ3n) is 6.26. The summed E-state index contributed by atoms with van der Waals surface area (Å²) < 4.78 is 78.6. The van der Waals surface area contributed by atoms with Crippen molar-refractivity contribution in [3.8, 4) is 0 Å². The molecule has 0 aromatic carbocycles. The fraction of sp³-hybridized carbons (Fsp3) is 0.952. The molecule has 2 heterocycles. The van der Waals surface area contributed by atoms with Crippen molar-refractivity contribution in [2.75, 3.05) is 46.1 Å². The highest BCUT2D eigenvalue weighted by molar-refractivity contribution is 7.91. The van der Waals surface area contributed by atoms with Crippen LogP contribution in [0.15, 0.2) is 0 Å². The van der Waals surface area contributed by atoms with E-state index >= 15 is 0 Å². The molecule has 2 fully saturated rings. The van der Waals surface area contributed by atoms with Crippen LogP contribution in [0.5, 0.6) is 0 Å². The van der Waals surface area contributed by atoms with E-state index < -0.39 is 33.3 Å². The second-order valence-electron chi connectivity index (χ2n) is 8.50. The minimum atomic E-state index is -4.13. The van der Waals surface area contributed by atoms with E-state index in [1.54, 1.807) is 6.92 Å². The first-order valence-electron chi connectivity index (χ1n) is 11.5. The Bertz CT molecular complexity index is 672. The summed E-state index contributed by atoms with van der Waals surface area (Å²) in [6.07, 6.45) is -0.717. The minimum absolute atomic E-state index is 0.0180. The topological polar surface area (TPSA) is 82.1 Å². The molecule has 188 valence electrons. The van der Waals surface area contributed by atoms with Crippen molar-refractivity contribution >= 4 is 16.0 Å². The Labute approximate surface area is 189 Å². The van der Waals surface area contributed by atoms with Crippen LogP contribution >= 0.6 is 0 Å². The number of nitrogens with zero attached hydrogens (tertiary/aromatic N) is 1. The van der Waals surface area contributed by atoms with Gasteiger partial charge in [0.05, 0.1) is 6.61 Å². The van der Waals surface area contributed by atoms with Gasteiger partial charge in [0.2, 0.25) is 10.0 Å². The average molecular weight is 488 g/mol. The maximum Gasteiger partial charge on any atom is 0.389 e. The number of sulfonamides is 1. The lowest BCUT2D eigenvalue weighted by Crippen LogP contribution is -2.58. The van der Waals surface area contributed by atoms with Gasteiger partial charge in [-0.25, -0.2) is 12.7 Å². The second-order valence-corrected chi connectivity index (χ2v) is 10.7. The van der Waals surface area contributed by atoms with E-state index in [1.165, 1.54) is 4.31 Å². The summed E-state index contributed by atoms with van der Waals surface area (Å²) in [5.41, 5.74) is 0. The summed E-state index contributed by atoms with van der Waals surface area (Å²) in [6.45, 7) is 3.53. The number of alkyl halides is 3. The van der Waals surface area contributed by atoms with Crippen LogP contribution in [0.3, 0.4) is 0 Å². The lowest BCUT2D eigenvalue weighted by atomic mass is 9.92. The standard InChI is InChI=1S/C21H36F3NO6S/c1-2-31-19(26)20(10-16-30-17-11-20)32(27,28)25-12-7-18(8-13-25)6-3-4-14-29-15-5-9-21(22,23)24/h18H,2-17H2,1H3. The molecule has 0 amide bonds. The van der Waals surface area contributed by atoms with Crippen molar-refractivity contribution in [2.45, 2.75) is 75.6 Å². The van der Waals surface area contributed by atoms with Crippen molar-refractivity contribution < 1.29 is 40.6 Å². The van der Waals surface area contributed by atoms with Crippen molar-refractivity contribution in [1.82, 2.24) is 4.31 Å². The zero-order valence-corrected chi connectivity index (χ0v) is 19.6. The molecular weight excluding hydrogens is 451 g/mol. The smallest absolute Gasteiger partial charge is 0.389 e. The van der Waals surface area contributed by atoms with E-state index in [9.17, 15) is 26.4 Å². The number of hydrogen-bond donors (Lipinski definition) is 0. The van der Waals surface area contributed by atoms with Gasteiger partial charge >= 0.3 is 12.1 Å². The summed E-state index contributed by atoms with van der Waals surface area (Å²) in [5, 5.41) is 0. The zero-order valence-electron chi connectivity index (χ0n) is 18.8. The predicted octanol–water partition coefficient (Wildman–Crippen LogP) is 3.67. The maximum atomic E-state index is 13.4. The van der Waals surface area contributed by atoms with Gasteiger partial charge in [-0.2, -0.15) is 13.2 Å². The molecule has 0 spiro atoms.